The van der Waals surface area contributed by atoms with E-state index in [1.165, 1.54) is 97.3 Å². The maximum Gasteiger partial charge on any atom is 0.364 e. The Morgan fingerprint density at radius 3 is 1.28 bits per heavy atom. The van der Waals surface area contributed by atoms with Gasteiger partial charge in [-0.1, -0.05) is 49.9 Å². The summed E-state index contributed by atoms with van der Waals surface area (Å²) in [4.78, 5) is 80.2. The van der Waals surface area contributed by atoms with Gasteiger partial charge in [0.25, 0.3) is 11.8 Å². The van der Waals surface area contributed by atoms with E-state index in [0.717, 1.165) is 92.6 Å². The minimum Gasteiger partial charge on any atom is -0.488 e. The molecule has 13 rings (SSSR count). The quantitative estimate of drug-likeness (QED) is 0.0298. The van der Waals surface area contributed by atoms with Crippen LogP contribution in [0.25, 0.3) is 0 Å². The molecule has 8 atom stereocenters. The Bertz CT molecular complexity index is 6770. The molecule has 3 fully saturated rings. The van der Waals surface area contributed by atoms with Gasteiger partial charge in [0, 0.05) is 125 Å². The number of benzene rings is 6. The molecule has 1 saturated heterocycles. The highest BCUT2D eigenvalue weighted by Gasteiger charge is 2.40. The fraction of sp³-hybridized carbons (Fsp3) is 0.465. The number of anilines is 2. The highest BCUT2D eigenvalue weighted by molar-refractivity contribution is 7.92. The van der Waals surface area contributed by atoms with Crippen LogP contribution in [0.4, 0.5) is 10.9 Å². The minimum atomic E-state index is -3.77. The van der Waals surface area contributed by atoms with E-state index >= 15 is 0 Å². The van der Waals surface area contributed by atoms with Crippen molar-refractivity contribution in [2.24, 2.45) is 11.8 Å². The molecule has 3 aliphatic rings. The lowest BCUT2D eigenvalue weighted by Gasteiger charge is -2.26. The first kappa shape index (κ1) is 120. The number of thiazole rings is 2. The summed E-state index contributed by atoms with van der Waals surface area (Å²) in [6, 6.07) is 34.7. The van der Waals surface area contributed by atoms with Crippen LogP contribution >= 0.6 is 52.4 Å². The van der Waals surface area contributed by atoms with E-state index in [2.05, 4.69) is 40.5 Å². The first-order valence-corrected chi connectivity index (χ1v) is 65.5. The summed E-state index contributed by atoms with van der Waals surface area (Å²) in [5.41, 5.74) is 4.26. The molecule has 2 saturated carbocycles. The summed E-state index contributed by atoms with van der Waals surface area (Å²) in [7, 11) is -22.4. The topological polar surface area (TPSA) is 506 Å². The number of carbonyl (C=O) groups is 4. The second kappa shape index (κ2) is 55.7. The summed E-state index contributed by atoms with van der Waals surface area (Å²) in [5, 5.41) is 18.4. The van der Waals surface area contributed by atoms with Gasteiger partial charge in [-0.3, -0.25) is 57.7 Å². The van der Waals surface area contributed by atoms with Crippen molar-refractivity contribution < 1.29 is 132 Å². The van der Waals surface area contributed by atoms with E-state index in [1.54, 1.807) is 153 Å². The summed E-state index contributed by atoms with van der Waals surface area (Å²) in [5.74, 6) is 0.00231. The molecule has 10 aromatic rings. The molecule has 5 heterocycles. The van der Waals surface area contributed by atoms with Gasteiger partial charge in [0.2, 0.25) is 22.1 Å². The zero-order valence-electron chi connectivity index (χ0n) is 85.6. The van der Waals surface area contributed by atoms with E-state index < -0.39 is 86.7 Å². The zero-order valence-corrected chi connectivity index (χ0v) is 94.0. The van der Waals surface area contributed by atoms with Crippen molar-refractivity contribution in [2.45, 2.75) is 199 Å². The van der Waals surface area contributed by atoms with Crippen molar-refractivity contribution in [2.75, 3.05) is 123 Å². The molecule has 37 nitrogen and oxygen atoms in total. The summed E-state index contributed by atoms with van der Waals surface area (Å²) in [6.07, 6.45) is 20.0. The molecule has 806 valence electrons. The molecule has 2 amide bonds. The molecule has 1 aliphatic heterocycles. The van der Waals surface area contributed by atoms with Gasteiger partial charge >= 0.3 is 7.60 Å². The van der Waals surface area contributed by atoms with Crippen molar-refractivity contribution in [1.29, 1.82) is 0 Å². The molecule has 4 unspecified atom stereocenters. The molecule has 0 bridgehead atoms. The molecular formula is C101H132N8O29P4S6. The number of ether oxygens (including phenoxy) is 7. The number of ketones is 2. The summed E-state index contributed by atoms with van der Waals surface area (Å²) < 4.78 is 212. The number of aromatic nitrogens is 6. The van der Waals surface area contributed by atoms with Crippen molar-refractivity contribution in [1.82, 2.24) is 29.9 Å². The third-order valence-corrected chi connectivity index (χ3v) is 38.1. The number of Topliss-reactive ketones (excluding diaryl/α,β-unsaturated/α-hetero) is 2. The predicted octanol–water partition coefficient (Wildman–Crippen LogP) is 20.1. The van der Waals surface area contributed by atoms with Crippen LogP contribution in [0.5, 0.6) is 34.5 Å². The monoisotopic (exact) mass is 2240 g/mol. The first-order valence-electron chi connectivity index (χ1n) is 48.2. The molecule has 3 N–H and O–H groups in total. The van der Waals surface area contributed by atoms with Gasteiger partial charge in [-0.2, -0.15) is 0 Å². The van der Waals surface area contributed by atoms with Gasteiger partial charge in [0.1, 0.15) is 63.3 Å². The Balaban J connectivity index is 0.000000202. The van der Waals surface area contributed by atoms with Crippen LogP contribution in [0.15, 0.2) is 189 Å². The van der Waals surface area contributed by atoms with Crippen molar-refractivity contribution in [3.8, 4) is 34.5 Å². The van der Waals surface area contributed by atoms with Gasteiger partial charge in [-0.15, -0.1) is 22.7 Å². The maximum atomic E-state index is 13.5. The number of hydrogen-bond acceptors (Lipinski definition) is 37. The van der Waals surface area contributed by atoms with Crippen LogP contribution in [0.3, 0.4) is 0 Å². The van der Waals surface area contributed by atoms with Gasteiger partial charge in [0.15, 0.2) is 56.1 Å². The standard InChI is InChI=1S/C26H32N3O8PS.C26H35N2O6PS.C25H31N2O8PS2.C24H34NO7PS2/c1-6-35-38(4,31)17-20-14-28-25(15-27-20)29-26(30)19-11-22(36-18(2)16-34-3)13-23(12-19)37-21-7-9-24(10-8-21)39(5,32)33;1-3-34-35(2,30)18-22-17-27-21(16-28-22)15-26(29)25(14-19-10-12-33-13-11-19)20-4-6-23(7-5-20)36(31,32)24-8-9-24;1-6-33-36(4,29)15-19-16-37-25(26-19)27-24(28)18-11-21(34-17(2)14-32-3)13-22(12-18)35-20-7-9-23(10-8-20)38(5,30)31;1-4-31-33(28,32-5-2)24(27)22-16-25-23(34-22)15-21(26)20(14-17-8-6-7-9-17)18-10-12-19(13-11-18)35(3,29)30/h7-15,18H,6,16-17H2,1-5H3,(H,28,29,30);4-7,16-17,19,24-25H,3,8-15,18H2,1-2H3;7-13,16-17H,6,14-15H2,1-5H3,(H,26,27,28);10-13,16-17,20,24,27H,4-9,14-15H2,1-3H3/t18-,38?;25-,35?;17-,36?;20-,24?/m0101/s1. The van der Waals surface area contributed by atoms with Crippen LogP contribution in [0.1, 0.15) is 195 Å². The minimum absolute atomic E-state index is 0.0165. The molecule has 0 spiro atoms. The lowest BCUT2D eigenvalue weighted by molar-refractivity contribution is -0.121. The Morgan fingerprint density at radius 1 is 0.459 bits per heavy atom. The molecule has 0 radical (unpaired) electrons. The molecule has 4 aromatic heterocycles. The Morgan fingerprint density at radius 2 is 0.858 bits per heavy atom. The van der Waals surface area contributed by atoms with E-state index in [-0.39, 0.29) is 117 Å². The van der Waals surface area contributed by atoms with Crippen molar-refractivity contribution >= 4 is 126 Å². The smallest absolute Gasteiger partial charge is 0.364 e. The number of carbonyl (C=O) groups excluding carboxylic acids is 4. The van der Waals surface area contributed by atoms with Crippen LogP contribution in [0, 0.1) is 11.8 Å². The second-order valence-electron chi connectivity index (χ2n) is 36.2. The van der Waals surface area contributed by atoms with E-state index in [9.17, 15) is 76.2 Å². The number of nitrogens with one attached hydrogen (secondary N) is 2. The number of amides is 2. The largest absolute Gasteiger partial charge is 0.488 e. The number of hydrogen-bond donors (Lipinski definition) is 3. The van der Waals surface area contributed by atoms with Crippen LogP contribution in [-0.2, 0) is 135 Å². The molecule has 148 heavy (non-hydrogen) atoms. The van der Waals surface area contributed by atoms with E-state index in [1.807, 2.05) is 13.8 Å². The summed E-state index contributed by atoms with van der Waals surface area (Å²) >= 11 is 2.33. The average Bonchev–Trinajstić information content (AvgIpc) is 1.63. The number of methoxy groups -OCH3 is 2. The molecule has 2 aliphatic carbocycles. The molecular weight excluding hydrogens is 2110 g/mol. The van der Waals surface area contributed by atoms with Crippen LogP contribution in [0.2, 0.25) is 0 Å². The van der Waals surface area contributed by atoms with Gasteiger partial charge in [-0.25, -0.2) is 48.6 Å². The fourth-order valence-electron chi connectivity index (χ4n) is 16.1. The number of aliphatic hydroxyl groups is 1. The van der Waals surface area contributed by atoms with Gasteiger partial charge in [-0.05, 0) is 207 Å². The number of rotatable bonds is 51. The van der Waals surface area contributed by atoms with Crippen molar-refractivity contribution in [3.63, 3.8) is 0 Å². The highest BCUT2D eigenvalue weighted by atomic mass is 32.2. The Hall–Kier alpha value is -9.42. The SMILES string of the molecule is CCOP(=O)(OCC)C(O)c1cnc(CC(=O)[C@H](CC2CCCC2)c2ccc(S(C)(=O)=O)cc2)s1.CCOP(C)(=O)Cc1cnc(CC(=O)[C@H](CC2CCOCC2)c2ccc(S(=O)(=O)C3CC3)cc2)cn1.CCOP(C)(=O)Cc1cnc(NC(=O)c2cc(Oc3ccc(S(C)(=O)=O)cc3)cc(O[C@@H](C)COC)c2)cn1.CCOP(C)(=O)Cc1csc(NC(=O)c2cc(Oc3ccc(S(C)(=O)=O)cc3)cc(O[C@@H](C)COC)c2)n1. The van der Waals surface area contributed by atoms with E-state index in [0.29, 0.717) is 148 Å². The predicted molar refractivity (Wildman–Crippen MR) is 567 cm³/mol. The molecule has 6 aromatic carbocycles. The Labute approximate surface area is 874 Å². The summed E-state index contributed by atoms with van der Waals surface area (Å²) in [6.45, 7) is 20.4. The lowest BCUT2D eigenvalue weighted by Crippen LogP contribution is -2.23. The van der Waals surface area contributed by atoms with Crippen LogP contribution < -0.4 is 29.6 Å². The third kappa shape index (κ3) is 38.4. The fourth-order valence-corrected chi connectivity index (χ4v) is 27.5. The third-order valence-electron chi connectivity index (χ3n) is 23.2. The van der Waals surface area contributed by atoms with Gasteiger partial charge in [0.05, 0.1) is 142 Å². The number of nitrogens with zero attached hydrogens (tertiary/aromatic N) is 6. The number of aliphatic hydroxyl groups excluding tert-OH is 1. The Kier molecular flexibility index (Phi) is 45.4. The normalized spacial score (nSPS) is 15.9. The maximum absolute atomic E-state index is 13.5. The second-order valence-corrected chi connectivity index (χ2v) is 56.4. The van der Waals surface area contributed by atoms with E-state index in [4.69, 9.17) is 55.8 Å². The van der Waals surface area contributed by atoms with Crippen LogP contribution in [-0.4, -0.2) is 222 Å². The lowest BCUT2D eigenvalue weighted by atomic mass is 9.81. The highest BCUT2D eigenvalue weighted by Crippen LogP contribution is 2.60. The van der Waals surface area contributed by atoms with Crippen molar-refractivity contribution in [3.05, 3.63) is 225 Å². The molecule has 47 heteroatoms. The first-order chi connectivity index (χ1) is 70.0. The average molecular weight is 2240 g/mol. The van der Waals surface area contributed by atoms with Gasteiger partial charge < -0.3 is 66.2 Å². The zero-order chi connectivity index (χ0) is 108. The number of sulfone groups is 4.